The summed E-state index contributed by atoms with van der Waals surface area (Å²) in [5.41, 5.74) is -0.258. The lowest BCUT2D eigenvalue weighted by atomic mass is 10.1. The van der Waals surface area contributed by atoms with Crippen molar-refractivity contribution in [1.29, 1.82) is 0 Å². The largest absolute Gasteiger partial charge is 0.470 e. The molecule has 6 unspecified atom stereocenters. The molecule has 3 N–H and O–H groups in total. The maximum absolute atomic E-state index is 13.6. The minimum atomic E-state index is -4.29. The van der Waals surface area contributed by atoms with Crippen molar-refractivity contribution >= 4 is 90.7 Å². The Morgan fingerprint density at radius 2 is 1.38 bits per heavy atom. The zero-order valence-corrected chi connectivity index (χ0v) is 47.4. The van der Waals surface area contributed by atoms with Gasteiger partial charge >= 0.3 is 35.8 Å². The highest BCUT2D eigenvalue weighted by Gasteiger charge is 2.43. The van der Waals surface area contributed by atoms with E-state index >= 15 is 0 Å². The van der Waals surface area contributed by atoms with Crippen molar-refractivity contribution in [3.05, 3.63) is 11.6 Å². The third kappa shape index (κ3) is 18.5. The number of nitrogens with two attached hydrogens (primary N) is 1. The fourth-order valence-electron chi connectivity index (χ4n) is 7.21. The summed E-state index contributed by atoms with van der Waals surface area (Å²) in [6, 6.07) is 0.277. The number of nitrogens with one attached hydrogen (secondary N) is 1. The summed E-state index contributed by atoms with van der Waals surface area (Å²) in [4.78, 5) is 94.1. The van der Waals surface area contributed by atoms with Crippen molar-refractivity contribution in [2.45, 2.75) is 145 Å². The number of carbonyl (C=O) groups excluding carboxylic acids is 7. The first-order valence-electron chi connectivity index (χ1n) is 24.3. The molecule has 7 atom stereocenters. The average Bonchev–Trinajstić information content (AvgIpc) is 4.03. The topological polar surface area (TPSA) is 344 Å². The number of hydrogen-bond acceptors (Lipinski definition) is 26. The summed E-state index contributed by atoms with van der Waals surface area (Å²) in [5, 5.41) is 8.58. The quantitative estimate of drug-likeness (QED) is 0.0687. The summed E-state index contributed by atoms with van der Waals surface area (Å²) in [6.07, 6.45) is -8.99. The van der Waals surface area contributed by atoms with Crippen LogP contribution in [0.1, 0.15) is 99.6 Å². The predicted octanol–water partition coefficient (Wildman–Crippen LogP) is 1.22. The number of esters is 6. The second-order valence-corrected chi connectivity index (χ2v) is 24.1. The molecule has 27 nitrogen and oxygen atoms in total. The molecule has 2 aromatic rings. The molecule has 0 aromatic carbocycles. The summed E-state index contributed by atoms with van der Waals surface area (Å²) in [5.74, 6) is -6.17. The van der Waals surface area contributed by atoms with Gasteiger partial charge in [0.15, 0.2) is 30.5 Å². The molecular formula is C45H69N7O20S4. The normalized spacial score (nSPS) is 18.1. The molecule has 0 bridgehead atoms. The zero-order chi connectivity index (χ0) is 56.7. The fraction of sp³-hybridized carbons (Fsp3) is 0.711. The van der Waals surface area contributed by atoms with Crippen LogP contribution in [0.2, 0.25) is 0 Å². The monoisotopic (exact) mass is 1160 g/mol. The number of aromatic nitrogens is 2. The van der Waals surface area contributed by atoms with Crippen LogP contribution in [-0.4, -0.2) is 191 Å². The number of rotatable bonds is 28. The Labute approximate surface area is 450 Å². The zero-order valence-electron chi connectivity index (χ0n) is 44.1. The average molecular weight is 1160 g/mol. The van der Waals surface area contributed by atoms with Crippen LogP contribution in [0.25, 0.3) is 0 Å². The van der Waals surface area contributed by atoms with Gasteiger partial charge in [-0.05, 0) is 81.2 Å². The van der Waals surface area contributed by atoms with Gasteiger partial charge in [0.2, 0.25) is 21.7 Å². The number of thiophene rings is 1. The van der Waals surface area contributed by atoms with E-state index in [1.54, 1.807) is 6.92 Å². The lowest BCUT2D eigenvalue weighted by Crippen LogP contribution is -2.47. The molecule has 1 amide bonds. The van der Waals surface area contributed by atoms with Gasteiger partial charge in [0.1, 0.15) is 21.1 Å². The summed E-state index contributed by atoms with van der Waals surface area (Å²) in [7, 11) is -6.96. The van der Waals surface area contributed by atoms with E-state index in [9.17, 15) is 50.4 Å². The van der Waals surface area contributed by atoms with Gasteiger partial charge in [-0.25, -0.2) is 45.9 Å². The molecule has 4 heterocycles. The molecule has 2 aliphatic rings. The molecule has 1 fully saturated rings. The third-order valence-corrected chi connectivity index (χ3v) is 16.8. The van der Waals surface area contributed by atoms with Crippen LogP contribution in [-0.2, 0) is 91.5 Å². The van der Waals surface area contributed by atoms with E-state index in [1.165, 1.54) is 25.9 Å². The third-order valence-electron chi connectivity index (χ3n) is 11.3. The standard InChI is InChI=1S/C45H69N7O20S4/c1-11-52(33-24-51(16-13-19-64-10)76(62,63)44-32(33)22-36(73-44)75(46,60)61)34(53)14-12-15-35(54)67-26(2)39(55)68-27(3)40(56)69-28(4)41(57)70-29(5)42(58)71-30(6)43(59)72-31(23-47-45(7,8)9)25-66-38-37(48-74-49-38)50-17-20-65-21-18-50/h22,26-31,33,47H,11-21,23-25H2,1-10H3,(H2,46,60,61)/t26?,27?,28?,29?,30?,31?,33-/m1/s1. The SMILES string of the molecule is CCN(C(=O)CCCC(=O)OC(C)C(=O)OC(C)C(=O)OC(C)C(=O)OC(C)C(=O)OC(C)C(=O)OC(CNC(C)(C)C)COc1nsnc1N1CCOCC1)[C@@H]1CN(CCCOC)S(=O)(=O)c2sc(S(N)(=O)=O)cc21. The number of ether oxygens (including phenoxy) is 9. The first kappa shape index (κ1) is 63.4. The number of carbonyl (C=O) groups is 7. The van der Waals surface area contributed by atoms with Crippen LogP contribution in [0, 0.1) is 0 Å². The minimum absolute atomic E-state index is 0.0326. The number of morpholine rings is 1. The molecule has 4 rings (SSSR count). The van der Waals surface area contributed by atoms with Crippen LogP contribution in [0.4, 0.5) is 5.82 Å². The van der Waals surface area contributed by atoms with Gasteiger partial charge in [0.25, 0.3) is 15.9 Å². The molecule has 0 spiro atoms. The highest BCUT2D eigenvalue weighted by Crippen LogP contribution is 2.42. The van der Waals surface area contributed by atoms with Crippen molar-refractivity contribution in [3.63, 3.8) is 0 Å². The van der Waals surface area contributed by atoms with Gasteiger partial charge in [-0.1, -0.05) is 0 Å². The molecule has 2 aromatic heterocycles. The van der Waals surface area contributed by atoms with E-state index in [1.807, 2.05) is 25.7 Å². The van der Waals surface area contributed by atoms with Gasteiger partial charge in [-0.3, -0.25) is 9.59 Å². The highest BCUT2D eigenvalue weighted by atomic mass is 32.3. The van der Waals surface area contributed by atoms with E-state index in [2.05, 4.69) is 14.1 Å². The molecular weight excluding hydrogens is 1090 g/mol. The first-order chi connectivity index (χ1) is 35.6. The lowest BCUT2D eigenvalue weighted by molar-refractivity contribution is -0.187. The second-order valence-electron chi connectivity index (χ2n) is 18.6. The van der Waals surface area contributed by atoms with Gasteiger partial charge in [0, 0.05) is 76.9 Å². The smallest absolute Gasteiger partial charge is 0.347 e. The molecule has 31 heteroatoms. The van der Waals surface area contributed by atoms with Crippen molar-refractivity contribution in [2.24, 2.45) is 5.14 Å². The van der Waals surface area contributed by atoms with Crippen molar-refractivity contribution in [1.82, 2.24) is 23.3 Å². The number of amides is 1. The van der Waals surface area contributed by atoms with Crippen molar-refractivity contribution in [2.75, 3.05) is 77.7 Å². The van der Waals surface area contributed by atoms with Gasteiger partial charge in [-0.2, -0.15) is 8.68 Å². The van der Waals surface area contributed by atoms with Gasteiger partial charge in [0.05, 0.1) is 31.0 Å². The van der Waals surface area contributed by atoms with Crippen LogP contribution >= 0.6 is 23.1 Å². The van der Waals surface area contributed by atoms with E-state index in [4.69, 9.17) is 47.8 Å². The van der Waals surface area contributed by atoms with Gasteiger partial charge < -0.3 is 57.7 Å². The number of anilines is 1. The molecule has 428 valence electrons. The number of methoxy groups -OCH3 is 1. The summed E-state index contributed by atoms with van der Waals surface area (Å²) < 4.78 is 108. The Bertz CT molecular complexity index is 2570. The number of sulfonamides is 2. The number of hydrogen-bond donors (Lipinski definition) is 2. The Morgan fingerprint density at radius 1 is 0.842 bits per heavy atom. The van der Waals surface area contributed by atoms with Crippen LogP contribution in [0.3, 0.4) is 0 Å². The van der Waals surface area contributed by atoms with Gasteiger partial charge in [-0.15, -0.1) is 15.7 Å². The van der Waals surface area contributed by atoms with Crippen molar-refractivity contribution < 1.29 is 93.0 Å². The van der Waals surface area contributed by atoms with Crippen LogP contribution < -0.4 is 20.1 Å². The van der Waals surface area contributed by atoms with E-state index in [-0.39, 0.29) is 84.1 Å². The molecule has 0 radical (unpaired) electrons. The maximum Gasteiger partial charge on any atom is 0.347 e. The summed E-state index contributed by atoms with van der Waals surface area (Å²) in [6.45, 7) is 15.7. The number of nitrogens with zero attached hydrogens (tertiary/aromatic N) is 5. The Kier molecular flexibility index (Phi) is 23.7. The van der Waals surface area contributed by atoms with Crippen molar-refractivity contribution in [3.8, 4) is 5.88 Å². The lowest BCUT2D eigenvalue weighted by Gasteiger charge is -2.38. The number of likely N-dealkylation sites (N-methyl/N-ethyl adjacent to an activating group) is 1. The van der Waals surface area contributed by atoms with E-state index in [0.29, 0.717) is 49.9 Å². The molecule has 0 aliphatic carbocycles. The molecule has 76 heavy (non-hydrogen) atoms. The Hall–Kier alpha value is -5.15. The number of fused-ring (bicyclic) bond motifs is 1. The second kappa shape index (κ2) is 28.5. The minimum Gasteiger partial charge on any atom is -0.470 e. The molecule has 0 saturated carbocycles. The molecule has 2 aliphatic heterocycles. The predicted molar refractivity (Wildman–Crippen MR) is 269 cm³/mol. The van der Waals surface area contributed by atoms with Crippen LogP contribution in [0.15, 0.2) is 14.5 Å². The Morgan fingerprint density at radius 3 is 1.89 bits per heavy atom. The van der Waals surface area contributed by atoms with E-state index in [0.717, 1.165) is 42.9 Å². The summed E-state index contributed by atoms with van der Waals surface area (Å²) >= 11 is 1.46. The Balaban J connectivity index is 1.21. The van der Waals surface area contributed by atoms with Crippen LogP contribution in [0.5, 0.6) is 5.88 Å². The fourth-order valence-corrected chi connectivity index (χ4v) is 12.0. The number of primary sulfonamides is 1. The highest BCUT2D eigenvalue weighted by molar-refractivity contribution is 7.94. The van der Waals surface area contributed by atoms with E-state index < -0.39 is 104 Å². The first-order valence-corrected chi connectivity index (χ1v) is 28.8. The molecule has 1 saturated heterocycles. The maximum atomic E-state index is 13.6.